The Morgan fingerprint density at radius 1 is 1.48 bits per heavy atom. The topological polar surface area (TPSA) is 107 Å². The van der Waals surface area contributed by atoms with E-state index < -0.39 is 10.9 Å². The first-order chi connectivity index (χ1) is 11.9. The fourth-order valence-corrected chi connectivity index (χ4v) is 3.55. The molecule has 3 rings (SSSR count). The van der Waals surface area contributed by atoms with Gasteiger partial charge >= 0.3 is 5.97 Å². The van der Waals surface area contributed by atoms with Crippen LogP contribution in [0.15, 0.2) is 24.4 Å². The lowest BCUT2D eigenvalue weighted by molar-refractivity contribution is -0.383. The Bertz CT molecular complexity index is 976. The molecule has 1 N–H and O–H groups in total. The van der Waals surface area contributed by atoms with E-state index in [4.69, 9.17) is 9.84 Å². The van der Waals surface area contributed by atoms with Crippen molar-refractivity contribution in [1.29, 1.82) is 0 Å². The fourth-order valence-electron chi connectivity index (χ4n) is 2.65. The molecule has 130 valence electrons. The van der Waals surface area contributed by atoms with E-state index >= 15 is 0 Å². The highest BCUT2D eigenvalue weighted by Gasteiger charge is 2.20. The molecule has 1 aromatic carbocycles. The number of aromatic carboxylic acids is 1. The molecule has 2 aromatic heterocycles. The first-order valence-corrected chi connectivity index (χ1v) is 8.21. The lowest BCUT2D eigenvalue weighted by Crippen LogP contribution is -2.02. The molecule has 9 heteroatoms. The zero-order valence-electron chi connectivity index (χ0n) is 13.6. The lowest BCUT2D eigenvalue weighted by atomic mass is 10.1. The van der Waals surface area contributed by atoms with Crippen molar-refractivity contribution in [1.82, 2.24) is 9.55 Å². The number of nitrogens with zero attached hydrogens (tertiary/aromatic N) is 3. The van der Waals surface area contributed by atoms with Gasteiger partial charge in [-0.05, 0) is 25.1 Å². The molecule has 0 saturated heterocycles. The number of aryl methyl sites for hydroxylation is 1. The highest BCUT2D eigenvalue weighted by atomic mass is 32.1. The molecule has 0 spiro atoms. The second kappa shape index (κ2) is 6.61. The van der Waals surface area contributed by atoms with Crippen LogP contribution >= 0.6 is 11.3 Å². The van der Waals surface area contributed by atoms with Gasteiger partial charge in [-0.1, -0.05) is 0 Å². The number of aromatic nitrogens is 2. The van der Waals surface area contributed by atoms with E-state index in [1.165, 1.54) is 6.20 Å². The first-order valence-electron chi connectivity index (χ1n) is 7.39. The molecular formula is C16H15N3O5S. The molecule has 3 aromatic rings. The number of carbonyl (C=O) groups is 1. The largest absolute Gasteiger partial charge is 0.477 e. The van der Waals surface area contributed by atoms with E-state index in [9.17, 15) is 14.9 Å². The molecule has 0 aliphatic rings. The summed E-state index contributed by atoms with van der Waals surface area (Å²) in [5.41, 5.74) is 1.80. The van der Waals surface area contributed by atoms with Gasteiger partial charge in [-0.15, -0.1) is 11.3 Å². The van der Waals surface area contributed by atoms with Gasteiger partial charge in [0, 0.05) is 19.2 Å². The summed E-state index contributed by atoms with van der Waals surface area (Å²) in [5.74, 6) is -1.03. The molecule has 0 bridgehead atoms. The summed E-state index contributed by atoms with van der Waals surface area (Å²) in [6.07, 6.45) is 1.49. The molecule has 0 aliphatic carbocycles. The standard InChI is InChI=1S/C16H15N3O5S/c1-9-14(16(20)21)25-15(17-9)10-3-4-12-11(7-10)13(19(22)23)8-18(12)5-6-24-2/h3-4,7-8H,5-6H2,1-2H3,(H,20,21). The Morgan fingerprint density at radius 3 is 2.84 bits per heavy atom. The number of hydrogen-bond donors (Lipinski definition) is 1. The van der Waals surface area contributed by atoms with Crippen molar-refractivity contribution in [2.75, 3.05) is 13.7 Å². The predicted molar refractivity (Wildman–Crippen MR) is 93.3 cm³/mol. The zero-order valence-corrected chi connectivity index (χ0v) is 14.4. The van der Waals surface area contributed by atoms with Crippen LogP contribution in [0, 0.1) is 17.0 Å². The SMILES string of the molecule is COCCn1cc([N+](=O)[O-])c2cc(-c3nc(C)c(C(=O)O)s3)ccc21. The Kier molecular flexibility index (Phi) is 4.51. The van der Waals surface area contributed by atoms with E-state index in [0.29, 0.717) is 34.8 Å². The third kappa shape index (κ3) is 3.11. The van der Waals surface area contributed by atoms with Crippen LogP contribution in [0.3, 0.4) is 0 Å². The van der Waals surface area contributed by atoms with Crippen molar-refractivity contribution in [3.05, 3.63) is 45.1 Å². The molecule has 0 fully saturated rings. The minimum atomic E-state index is -1.03. The number of ether oxygens (including phenoxy) is 1. The summed E-state index contributed by atoms with van der Waals surface area (Å²) in [5, 5.41) is 21.5. The van der Waals surface area contributed by atoms with Gasteiger partial charge in [0.25, 0.3) is 5.69 Å². The number of carboxylic acids is 1. The Labute approximate surface area is 146 Å². The average Bonchev–Trinajstić information content (AvgIpc) is 3.13. The van der Waals surface area contributed by atoms with Crippen LogP contribution < -0.4 is 0 Å². The molecule has 0 aliphatic heterocycles. The monoisotopic (exact) mass is 361 g/mol. The minimum absolute atomic E-state index is 0.000288. The van der Waals surface area contributed by atoms with Crippen molar-refractivity contribution in [2.24, 2.45) is 0 Å². The molecule has 8 nitrogen and oxygen atoms in total. The number of hydrogen-bond acceptors (Lipinski definition) is 6. The van der Waals surface area contributed by atoms with Crippen molar-refractivity contribution >= 4 is 33.9 Å². The van der Waals surface area contributed by atoms with E-state index in [1.807, 2.05) is 0 Å². The summed E-state index contributed by atoms with van der Waals surface area (Å²) in [7, 11) is 1.57. The molecule has 0 amide bonds. The Morgan fingerprint density at radius 2 is 2.24 bits per heavy atom. The Balaban J connectivity index is 2.13. The Hall–Kier alpha value is -2.78. The second-order valence-electron chi connectivity index (χ2n) is 5.43. The van der Waals surface area contributed by atoms with Crippen LogP contribution in [0.5, 0.6) is 0 Å². The minimum Gasteiger partial charge on any atom is -0.477 e. The van der Waals surface area contributed by atoms with Gasteiger partial charge in [0.1, 0.15) is 9.88 Å². The van der Waals surface area contributed by atoms with Gasteiger partial charge in [-0.2, -0.15) is 0 Å². The molecule has 0 saturated carbocycles. The number of nitro groups is 1. The molecule has 0 atom stereocenters. The van der Waals surface area contributed by atoms with Gasteiger partial charge in [-0.25, -0.2) is 9.78 Å². The summed E-state index contributed by atoms with van der Waals surface area (Å²) in [6.45, 7) is 2.57. The van der Waals surface area contributed by atoms with Gasteiger partial charge < -0.3 is 14.4 Å². The maximum Gasteiger partial charge on any atom is 0.347 e. The second-order valence-corrected chi connectivity index (χ2v) is 6.43. The number of benzene rings is 1. The normalized spacial score (nSPS) is 11.1. The fraction of sp³-hybridized carbons (Fsp3) is 0.250. The van der Waals surface area contributed by atoms with Crippen LogP contribution in [0.2, 0.25) is 0 Å². The number of carboxylic acid groups (broad SMARTS) is 1. The van der Waals surface area contributed by atoms with Gasteiger partial charge in [0.15, 0.2) is 0 Å². The summed E-state index contributed by atoms with van der Waals surface area (Å²) < 4.78 is 6.82. The van der Waals surface area contributed by atoms with Crippen molar-refractivity contribution < 1.29 is 19.6 Å². The summed E-state index contributed by atoms with van der Waals surface area (Å²) >= 11 is 1.06. The van der Waals surface area contributed by atoms with Crippen LogP contribution in [0.1, 0.15) is 15.4 Å². The highest BCUT2D eigenvalue weighted by molar-refractivity contribution is 7.17. The van der Waals surface area contributed by atoms with Crippen LogP contribution in [0.4, 0.5) is 5.69 Å². The van der Waals surface area contributed by atoms with Crippen molar-refractivity contribution in [3.8, 4) is 10.6 Å². The van der Waals surface area contributed by atoms with Crippen LogP contribution in [-0.4, -0.2) is 39.3 Å². The first kappa shape index (κ1) is 17.1. The summed E-state index contributed by atoms with van der Waals surface area (Å²) in [6, 6.07) is 5.25. The number of thiazole rings is 1. The molecule has 2 heterocycles. The maximum atomic E-state index is 11.4. The van der Waals surface area contributed by atoms with E-state index in [1.54, 1.807) is 36.8 Å². The van der Waals surface area contributed by atoms with Gasteiger partial charge in [-0.3, -0.25) is 10.1 Å². The van der Waals surface area contributed by atoms with Crippen LogP contribution in [-0.2, 0) is 11.3 Å². The smallest absolute Gasteiger partial charge is 0.347 e. The third-order valence-corrected chi connectivity index (χ3v) is 5.03. The van der Waals surface area contributed by atoms with E-state index in [0.717, 1.165) is 16.9 Å². The predicted octanol–water partition coefficient (Wildman–Crippen LogP) is 3.33. The molecular weight excluding hydrogens is 346 g/mol. The number of fused-ring (bicyclic) bond motifs is 1. The number of methoxy groups -OCH3 is 1. The van der Waals surface area contributed by atoms with Gasteiger partial charge in [0.2, 0.25) is 0 Å². The molecule has 0 unspecified atom stereocenters. The van der Waals surface area contributed by atoms with Crippen molar-refractivity contribution in [3.63, 3.8) is 0 Å². The molecule has 25 heavy (non-hydrogen) atoms. The average molecular weight is 361 g/mol. The quantitative estimate of drug-likeness (QED) is 0.533. The summed E-state index contributed by atoms with van der Waals surface area (Å²) in [4.78, 5) is 26.6. The number of rotatable bonds is 6. The van der Waals surface area contributed by atoms with Crippen LogP contribution in [0.25, 0.3) is 21.5 Å². The van der Waals surface area contributed by atoms with E-state index in [-0.39, 0.29) is 10.6 Å². The van der Waals surface area contributed by atoms with Crippen molar-refractivity contribution in [2.45, 2.75) is 13.5 Å². The van der Waals surface area contributed by atoms with E-state index in [2.05, 4.69) is 4.98 Å². The third-order valence-electron chi connectivity index (χ3n) is 3.83. The lowest BCUT2D eigenvalue weighted by Gasteiger charge is -2.04. The maximum absolute atomic E-state index is 11.4. The molecule has 0 radical (unpaired) electrons. The highest BCUT2D eigenvalue weighted by Crippen LogP contribution is 2.34. The van der Waals surface area contributed by atoms with Gasteiger partial charge in [0.05, 0.1) is 34.3 Å². The zero-order chi connectivity index (χ0) is 18.1.